The van der Waals surface area contributed by atoms with Crippen molar-refractivity contribution in [2.24, 2.45) is 5.41 Å². The first kappa shape index (κ1) is 16.0. The predicted molar refractivity (Wildman–Crippen MR) is 73.9 cm³/mol. The molecule has 1 amide bonds. The van der Waals surface area contributed by atoms with E-state index >= 15 is 0 Å². The average Bonchev–Trinajstić information content (AvgIpc) is 2.84. The zero-order chi connectivity index (χ0) is 14.5. The van der Waals surface area contributed by atoms with E-state index in [0.717, 1.165) is 32.2 Å². The molecule has 0 aliphatic carbocycles. The lowest BCUT2D eigenvalue weighted by Crippen LogP contribution is -2.50. The monoisotopic (exact) mass is 270 g/mol. The zero-order valence-corrected chi connectivity index (χ0v) is 12.2. The topological polar surface area (TPSA) is 69.6 Å². The molecule has 5 nitrogen and oxygen atoms in total. The first-order valence-electron chi connectivity index (χ1n) is 7.20. The molecule has 0 bridgehead atoms. The summed E-state index contributed by atoms with van der Waals surface area (Å²) < 4.78 is 0. The average molecular weight is 270 g/mol. The molecule has 0 aromatic heterocycles. The number of amides is 1. The Morgan fingerprint density at radius 2 is 2.11 bits per heavy atom. The van der Waals surface area contributed by atoms with Gasteiger partial charge in [0.1, 0.15) is 6.54 Å². The van der Waals surface area contributed by atoms with Gasteiger partial charge in [-0.1, -0.05) is 20.3 Å². The third kappa shape index (κ3) is 3.69. The van der Waals surface area contributed by atoms with E-state index in [2.05, 4.69) is 12.2 Å². The van der Waals surface area contributed by atoms with E-state index in [1.54, 1.807) is 4.90 Å². The molecule has 1 aliphatic heterocycles. The van der Waals surface area contributed by atoms with Crippen molar-refractivity contribution in [1.82, 2.24) is 10.2 Å². The molecule has 0 spiro atoms. The van der Waals surface area contributed by atoms with Gasteiger partial charge in [0.15, 0.2) is 0 Å². The second kappa shape index (κ2) is 6.89. The van der Waals surface area contributed by atoms with E-state index in [-0.39, 0.29) is 18.5 Å². The van der Waals surface area contributed by atoms with Crippen LogP contribution >= 0.6 is 0 Å². The summed E-state index contributed by atoms with van der Waals surface area (Å²) in [7, 11) is 0. The summed E-state index contributed by atoms with van der Waals surface area (Å²) in [6.45, 7) is 7.28. The predicted octanol–water partition coefficient (Wildman–Crippen LogP) is 1.48. The zero-order valence-electron chi connectivity index (χ0n) is 12.2. The Kier molecular flexibility index (Phi) is 5.79. The first-order chi connectivity index (χ1) is 8.96. The van der Waals surface area contributed by atoms with Gasteiger partial charge in [0, 0.05) is 12.6 Å². The molecule has 0 aromatic carbocycles. The number of carbonyl (C=O) groups excluding carboxylic acids is 1. The highest BCUT2D eigenvalue weighted by atomic mass is 16.4. The lowest BCUT2D eigenvalue weighted by atomic mass is 9.80. The van der Waals surface area contributed by atoms with Gasteiger partial charge in [-0.25, -0.2) is 0 Å². The largest absolute Gasteiger partial charge is 0.480 e. The number of nitrogens with zero attached hydrogens (tertiary/aromatic N) is 1. The molecule has 1 fully saturated rings. The Hall–Kier alpha value is -1.10. The summed E-state index contributed by atoms with van der Waals surface area (Å²) in [4.78, 5) is 25.4. The van der Waals surface area contributed by atoms with Crippen LogP contribution < -0.4 is 5.32 Å². The van der Waals surface area contributed by atoms with E-state index in [1.165, 1.54) is 0 Å². The van der Waals surface area contributed by atoms with Crippen LogP contribution in [-0.2, 0) is 9.59 Å². The van der Waals surface area contributed by atoms with Crippen LogP contribution in [0.1, 0.15) is 46.5 Å². The van der Waals surface area contributed by atoms with E-state index in [1.807, 2.05) is 13.8 Å². The summed E-state index contributed by atoms with van der Waals surface area (Å²) in [5, 5.41) is 12.3. The van der Waals surface area contributed by atoms with Crippen LogP contribution in [0.2, 0.25) is 0 Å². The molecule has 2 atom stereocenters. The summed E-state index contributed by atoms with van der Waals surface area (Å²) in [6, 6.07) is -0.0297. The highest BCUT2D eigenvalue weighted by Crippen LogP contribution is 2.34. The Balaban J connectivity index is 2.92. The lowest BCUT2D eigenvalue weighted by Gasteiger charge is -2.36. The Morgan fingerprint density at radius 1 is 1.42 bits per heavy atom. The lowest BCUT2D eigenvalue weighted by molar-refractivity contribution is -0.151. The molecular weight excluding hydrogens is 244 g/mol. The third-order valence-electron chi connectivity index (χ3n) is 4.12. The van der Waals surface area contributed by atoms with Crippen molar-refractivity contribution in [3.8, 4) is 0 Å². The highest BCUT2D eigenvalue weighted by molar-refractivity contribution is 5.86. The molecule has 0 aromatic rings. The van der Waals surface area contributed by atoms with Crippen LogP contribution in [0.4, 0.5) is 0 Å². The van der Waals surface area contributed by atoms with Gasteiger partial charge in [0.25, 0.3) is 0 Å². The van der Waals surface area contributed by atoms with Gasteiger partial charge in [-0.3, -0.25) is 9.59 Å². The summed E-state index contributed by atoms with van der Waals surface area (Å²) >= 11 is 0. The second-order valence-electron chi connectivity index (χ2n) is 5.54. The van der Waals surface area contributed by atoms with Crippen molar-refractivity contribution >= 4 is 11.9 Å². The van der Waals surface area contributed by atoms with Crippen LogP contribution in [0.5, 0.6) is 0 Å². The van der Waals surface area contributed by atoms with Crippen molar-refractivity contribution in [3.63, 3.8) is 0 Å². The molecule has 19 heavy (non-hydrogen) atoms. The fraction of sp³-hybridized carbons (Fsp3) is 0.857. The molecule has 0 saturated carbocycles. The van der Waals surface area contributed by atoms with Crippen molar-refractivity contribution in [3.05, 3.63) is 0 Å². The fourth-order valence-electron chi connectivity index (χ4n) is 2.82. The summed E-state index contributed by atoms with van der Waals surface area (Å²) in [6.07, 6.45) is 3.35. The smallest absolute Gasteiger partial charge is 0.323 e. The SMILES string of the molecule is CCCC1(C(=O)N(CC(=O)O)C(C)CC)CCNC1. The standard InChI is InChI=1S/C14H26N2O3/c1-4-6-14(7-8-15-10-14)13(19)16(9-12(17)18)11(3)5-2/h11,15H,4-10H2,1-3H3,(H,17,18). The maximum absolute atomic E-state index is 12.8. The maximum Gasteiger partial charge on any atom is 0.323 e. The molecule has 110 valence electrons. The minimum absolute atomic E-state index is 0.0103. The van der Waals surface area contributed by atoms with E-state index in [9.17, 15) is 9.59 Å². The van der Waals surface area contributed by atoms with Gasteiger partial charge < -0.3 is 15.3 Å². The van der Waals surface area contributed by atoms with E-state index in [4.69, 9.17) is 5.11 Å². The number of carbonyl (C=O) groups is 2. The Bertz CT molecular complexity index is 325. The van der Waals surface area contributed by atoms with Gasteiger partial charge in [-0.15, -0.1) is 0 Å². The van der Waals surface area contributed by atoms with Crippen LogP contribution in [0.15, 0.2) is 0 Å². The molecule has 5 heteroatoms. The van der Waals surface area contributed by atoms with E-state index < -0.39 is 11.4 Å². The fourth-order valence-corrected chi connectivity index (χ4v) is 2.82. The maximum atomic E-state index is 12.8. The van der Waals surface area contributed by atoms with Crippen molar-refractivity contribution < 1.29 is 14.7 Å². The van der Waals surface area contributed by atoms with Gasteiger partial charge in [-0.2, -0.15) is 0 Å². The van der Waals surface area contributed by atoms with Crippen LogP contribution in [0.3, 0.4) is 0 Å². The molecule has 1 heterocycles. The van der Waals surface area contributed by atoms with Gasteiger partial charge in [0.05, 0.1) is 5.41 Å². The second-order valence-corrected chi connectivity index (χ2v) is 5.54. The molecular formula is C14H26N2O3. The number of hydrogen-bond acceptors (Lipinski definition) is 3. The number of hydrogen-bond donors (Lipinski definition) is 2. The Morgan fingerprint density at radius 3 is 2.53 bits per heavy atom. The number of carboxylic acid groups (broad SMARTS) is 1. The first-order valence-corrected chi connectivity index (χ1v) is 7.20. The van der Waals surface area contributed by atoms with Crippen LogP contribution in [0.25, 0.3) is 0 Å². The molecule has 1 rings (SSSR count). The minimum Gasteiger partial charge on any atom is -0.480 e. The molecule has 2 unspecified atom stereocenters. The van der Waals surface area contributed by atoms with Crippen molar-refractivity contribution in [2.45, 2.75) is 52.5 Å². The highest BCUT2D eigenvalue weighted by Gasteiger charge is 2.43. The molecule has 0 radical (unpaired) electrons. The van der Waals surface area contributed by atoms with E-state index in [0.29, 0.717) is 6.54 Å². The summed E-state index contributed by atoms with van der Waals surface area (Å²) in [5.41, 5.74) is -0.395. The number of nitrogens with one attached hydrogen (secondary N) is 1. The van der Waals surface area contributed by atoms with Gasteiger partial charge in [-0.05, 0) is 32.7 Å². The number of aliphatic carboxylic acids is 1. The number of carboxylic acids is 1. The molecule has 1 aliphatic rings. The van der Waals surface area contributed by atoms with Gasteiger partial charge in [0.2, 0.25) is 5.91 Å². The minimum atomic E-state index is -0.939. The Labute approximate surface area is 115 Å². The normalized spacial score (nSPS) is 24.2. The molecule has 1 saturated heterocycles. The molecule has 2 N–H and O–H groups in total. The van der Waals surface area contributed by atoms with Crippen molar-refractivity contribution in [1.29, 1.82) is 0 Å². The van der Waals surface area contributed by atoms with Crippen molar-refractivity contribution in [2.75, 3.05) is 19.6 Å². The van der Waals surface area contributed by atoms with Crippen LogP contribution in [-0.4, -0.2) is 47.6 Å². The quantitative estimate of drug-likeness (QED) is 0.735. The number of rotatable bonds is 7. The van der Waals surface area contributed by atoms with Gasteiger partial charge >= 0.3 is 5.97 Å². The third-order valence-corrected chi connectivity index (χ3v) is 4.12. The van der Waals surface area contributed by atoms with Crippen LogP contribution in [0, 0.1) is 5.41 Å². The summed E-state index contributed by atoms with van der Waals surface area (Å²) in [5.74, 6) is -0.928.